The third kappa shape index (κ3) is 2.54. The van der Waals surface area contributed by atoms with Gasteiger partial charge in [0.25, 0.3) is 5.91 Å². The Morgan fingerprint density at radius 3 is 2.80 bits per heavy atom. The number of cyclic esters (lactones) is 1. The normalized spacial score (nSPS) is 25.8. The van der Waals surface area contributed by atoms with Crippen LogP contribution in [-0.4, -0.2) is 42.3 Å². The van der Waals surface area contributed by atoms with Crippen LogP contribution in [0.2, 0.25) is 0 Å². The van der Waals surface area contributed by atoms with Crippen molar-refractivity contribution in [2.75, 3.05) is 13.2 Å². The number of imide groups is 1. The maximum atomic E-state index is 12.4. The predicted octanol–water partition coefficient (Wildman–Crippen LogP) is 1.76. The van der Waals surface area contributed by atoms with Gasteiger partial charge in [0.1, 0.15) is 12.7 Å². The van der Waals surface area contributed by atoms with Crippen LogP contribution in [-0.2, 0) is 20.7 Å². The molecule has 0 bridgehead atoms. The van der Waals surface area contributed by atoms with Crippen molar-refractivity contribution in [2.24, 2.45) is 0 Å². The number of benzene rings is 1. The Hall–Kier alpha value is -1.88. The smallest absolute Gasteiger partial charge is 0.417 e. The monoisotopic (exact) mass is 275 g/mol. The zero-order chi connectivity index (χ0) is 13.9. The van der Waals surface area contributed by atoms with Gasteiger partial charge in [-0.25, -0.2) is 9.69 Å². The number of hydrogen-bond acceptors (Lipinski definition) is 4. The van der Waals surface area contributed by atoms with Crippen molar-refractivity contribution in [3.63, 3.8) is 0 Å². The number of ether oxygens (including phenoxy) is 2. The fourth-order valence-corrected chi connectivity index (χ4v) is 2.69. The van der Waals surface area contributed by atoms with Crippen LogP contribution in [0.5, 0.6) is 0 Å². The van der Waals surface area contributed by atoms with Crippen LogP contribution in [0.4, 0.5) is 4.79 Å². The van der Waals surface area contributed by atoms with Gasteiger partial charge in [-0.2, -0.15) is 0 Å². The first-order valence-electron chi connectivity index (χ1n) is 6.91. The summed E-state index contributed by atoms with van der Waals surface area (Å²) in [5, 5.41) is 0. The molecule has 5 nitrogen and oxygen atoms in total. The van der Waals surface area contributed by atoms with Gasteiger partial charge in [0.2, 0.25) is 0 Å². The molecule has 0 spiro atoms. The van der Waals surface area contributed by atoms with E-state index in [4.69, 9.17) is 9.47 Å². The molecule has 5 heteroatoms. The van der Waals surface area contributed by atoms with E-state index in [1.807, 2.05) is 30.3 Å². The summed E-state index contributed by atoms with van der Waals surface area (Å²) in [6.07, 6.45) is 1.12. The molecule has 1 aromatic carbocycles. The Morgan fingerprint density at radius 1 is 1.30 bits per heavy atom. The van der Waals surface area contributed by atoms with Crippen LogP contribution in [0.15, 0.2) is 30.3 Å². The standard InChI is InChI=1S/C15H17NO4/c17-14(13-7-4-8-19-13)16-12(10-20-15(16)18)9-11-5-2-1-3-6-11/h1-3,5-6,12-13H,4,7-10H2/t12-,13+/m1/s1. The average molecular weight is 275 g/mol. The average Bonchev–Trinajstić information content (AvgIpc) is 3.10. The molecule has 0 N–H and O–H groups in total. The lowest BCUT2D eigenvalue weighted by molar-refractivity contribution is -0.138. The van der Waals surface area contributed by atoms with Crippen molar-refractivity contribution in [2.45, 2.75) is 31.4 Å². The molecule has 0 unspecified atom stereocenters. The quantitative estimate of drug-likeness (QED) is 0.843. The van der Waals surface area contributed by atoms with Gasteiger partial charge in [-0.15, -0.1) is 0 Å². The van der Waals surface area contributed by atoms with Gasteiger partial charge >= 0.3 is 6.09 Å². The van der Waals surface area contributed by atoms with E-state index in [1.165, 1.54) is 4.90 Å². The summed E-state index contributed by atoms with van der Waals surface area (Å²) in [5.74, 6) is -0.258. The number of hydrogen-bond donors (Lipinski definition) is 0. The zero-order valence-corrected chi connectivity index (χ0v) is 11.2. The van der Waals surface area contributed by atoms with Gasteiger partial charge in [-0.1, -0.05) is 30.3 Å². The highest BCUT2D eigenvalue weighted by Crippen LogP contribution is 2.22. The molecule has 2 aliphatic heterocycles. The lowest BCUT2D eigenvalue weighted by Crippen LogP contribution is -2.45. The largest absolute Gasteiger partial charge is 0.447 e. The first kappa shape index (κ1) is 13.1. The summed E-state index contributed by atoms with van der Waals surface area (Å²) in [4.78, 5) is 25.4. The third-order valence-electron chi connectivity index (χ3n) is 3.72. The fraction of sp³-hybridized carbons (Fsp3) is 0.467. The Labute approximate surface area is 117 Å². The van der Waals surface area contributed by atoms with Crippen LogP contribution in [0.1, 0.15) is 18.4 Å². The molecule has 0 aliphatic carbocycles. The van der Waals surface area contributed by atoms with Gasteiger partial charge in [0.05, 0.1) is 6.04 Å². The van der Waals surface area contributed by atoms with Crippen molar-refractivity contribution >= 4 is 12.0 Å². The molecule has 2 saturated heterocycles. The Kier molecular flexibility index (Phi) is 3.69. The first-order chi connectivity index (χ1) is 9.75. The second kappa shape index (κ2) is 5.63. The molecule has 3 rings (SSSR count). The van der Waals surface area contributed by atoms with Crippen LogP contribution < -0.4 is 0 Å². The topological polar surface area (TPSA) is 55.8 Å². The summed E-state index contributed by atoms with van der Waals surface area (Å²) >= 11 is 0. The first-order valence-corrected chi connectivity index (χ1v) is 6.91. The SMILES string of the molecule is O=C1OC[C@@H](Cc2ccccc2)N1C(=O)[C@@H]1CCCO1. The molecule has 1 aromatic rings. The van der Waals surface area contributed by atoms with Gasteiger partial charge in [-0.05, 0) is 24.8 Å². The van der Waals surface area contributed by atoms with Crippen molar-refractivity contribution in [1.29, 1.82) is 0 Å². The summed E-state index contributed by atoms with van der Waals surface area (Å²) in [7, 11) is 0. The molecule has 2 fully saturated rings. The van der Waals surface area contributed by atoms with E-state index >= 15 is 0 Å². The fourth-order valence-electron chi connectivity index (χ4n) is 2.69. The molecule has 0 radical (unpaired) electrons. The highest BCUT2D eigenvalue weighted by molar-refractivity contribution is 5.96. The lowest BCUT2D eigenvalue weighted by atomic mass is 10.1. The van der Waals surface area contributed by atoms with Crippen molar-refractivity contribution in [3.8, 4) is 0 Å². The highest BCUT2D eigenvalue weighted by atomic mass is 16.6. The summed E-state index contributed by atoms with van der Waals surface area (Å²) in [5.41, 5.74) is 1.08. The molecule has 2 atom stereocenters. The third-order valence-corrected chi connectivity index (χ3v) is 3.72. The number of carbonyl (C=O) groups excluding carboxylic acids is 2. The molecule has 0 aromatic heterocycles. The van der Waals surface area contributed by atoms with Crippen molar-refractivity contribution < 1.29 is 19.1 Å². The Bertz CT molecular complexity index is 496. The van der Waals surface area contributed by atoms with E-state index in [1.54, 1.807) is 0 Å². The zero-order valence-electron chi connectivity index (χ0n) is 11.2. The minimum absolute atomic E-state index is 0.235. The van der Waals surface area contributed by atoms with E-state index in [2.05, 4.69) is 0 Å². The number of nitrogens with zero attached hydrogens (tertiary/aromatic N) is 1. The molecule has 106 valence electrons. The molecule has 0 saturated carbocycles. The summed E-state index contributed by atoms with van der Waals surface area (Å²) < 4.78 is 10.4. The van der Waals surface area contributed by atoms with Crippen molar-refractivity contribution in [3.05, 3.63) is 35.9 Å². The Balaban J connectivity index is 1.73. The predicted molar refractivity (Wildman–Crippen MR) is 71.1 cm³/mol. The van der Waals surface area contributed by atoms with E-state index in [-0.39, 0.29) is 18.6 Å². The minimum atomic E-state index is -0.550. The van der Waals surface area contributed by atoms with Crippen molar-refractivity contribution in [1.82, 2.24) is 4.90 Å². The number of rotatable bonds is 3. The molecular weight excluding hydrogens is 258 g/mol. The molecular formula is C15H17NO4. The van der Waals surface area contributed by atoms with Crippen LogP contribution >= 0.6 is 0 Å². The van der Waals surface area contributed by atoms with Gasteiger partial charge in [-0.3, -0.25) is 4.79 Å². The van der Waals surface area contributed by atoms with E-state index < -0.39 is 12.2 Å². The highest BCUT2D eigenvalue weighted by Gasteiger charge is 2.41. The second-order valence-electron chi connectivity index (χ2n) is 5.13. The van der Waals surface area contributed by atoms with E-state index in [0.717, 1.165) is 12.0 Å². The minimum Gasteiger partial charge on any atom is -0.447 e. The van der Waals surface area contributed by atoms with Gasteiger partial charge in [0.15, 0.2) is 0 Å². The molecule has 2 heterocycles. The molecule has 20 heavy (non-hydrogen) atoms. The van der Waals surface area contributed by atoms with Crippen LogP contribution in [0.3, 0.4) is 0 Å². The van der Waals surface area contributed by atoms with E-state index in [0.29, 0.717) is 19.4 Å². The maximum absolute atomic E-state index is 12.4. The van der Waals surface area contributed by atoms with Gasteiger partial charge in [0, 0.05) is 6.61 Å². The maximum Gasteiger partial charge on any atom is 0.417 e. The number of amides is 2. The second-order valence-corrected chi connectivity index (χ2v) is 5.13. The summed E-state index contributed by atoms with van der Waals surface area (Å²) in [6.45, 7) is 0.842. The summed E-state index contributed by atoms with van der Waals surface area (Å²) in [6, 6.07) is 9.56. The van der Waals surface area contributed by atoms with E-state index in [9.17, 15) is 9.59 Å². The molecule has 2 aliphatic rings. The Morgan fingerprint density at radius 2 is 2.10 bits per heavy atom. The van der Waals surface area contributed by atoms with Crippen LogP contribution in [0, 0.1) is 0 Å². The van der Waals surface area contributed by atoms with Crippen LogP contribution in [0.25, 0.3) is 0 Å². The molecule has 2 amide bonds. The lowest BCUT2D eigenvalue weighted by Gasteiger charge is -2.22. The van der Waals surface area contributed by atoms with Gasteiger partial charge < -0.3 is 9.47 Å². The number of carbonyl (C=O) groups is 2.